The third kappa shape index (κ3) is 5.43. The molecule has 0 saturated carbocycles. The largest absolute Gasteiger partial charge is 0.512 e. The summed E-state index contributed by atoms with van der Waals surface area (Å²) in [4.78, 5) is 14.7. The number of carbonyl (C=O) groups excluding carboxylic acids is 1. The molecule has 0 bridgehead atoms. The Morgan fingerprint density at radius 1 is 1.06 bits per heavy atom. The number of nitrogens with zero attached hydrogens (tertiary/aromatic N) is 4. The van der Waals surface area contributed by atoms with E-state index in [1.807, 2.05) is 12.3 Å². The third-order valence-corrected chi connectivity index (χ3v) is 5.23. The van der Waals surface area contributed by atoms with Crippen molar-refractivity contribution in [3.63, 3.8) is 0 Å². The van der Waals surface area contributed by atoms with Gasteiger partial charge in [0.1, 0.15) is 0 Å². The number of rotatable bonds is 4. The topological polar surface area (TPSA) is 82.1 Å². The van der Waals surface area contributed by atoms with Gasteiger partial charge in [0.25, 0.3) is 0 Å². The van der Waals surface area contributed by atoms with E-state index in [1.165, 1.54) is 36.1 Å². The summed E-state index contributed by atoms with van der Waals surface area (Å²) in [5.41, 5.74) is 3.07. The van der Waals surface area contributed by atoms with Crippen LogP contribution in [-0.4, -0.2) is 25.5 Å². The molecule has 0 aliphatic carbocycles. The molecule has 2 aromatic carbocycles. The summed E-state index contributed by atoms with van der Waals surface area (Å²) in [7, 11) is 0. The zero-order valence-corrected chi connectivity index (χ0v) is 22.0. The Morgan fingerprint density at radius 3 is 2.38 bits per heavy atom. The Labute approximate surface area is 212 Å². The van der Waals surface area contributed by atoms with Gasteiger partial charge in [-0.2, -0.15) is 0 Å². The quantitative estimate of drug-likeness (QED) is 0.197. The van der Waals surface area contributed by atoms with Gasteiger partial charge in [-0.25, -0.2) is 0 Å². The smallest absolute Gasteiger partial charge is 0.155 e. The molecule has 1 radical (unpaired) electrons. The zero-order valence-electron chi connectivity index (χ0n) is 19.6. The molecule has 3 heterocycles. The van der Waals surface area contributed by atoms with Crippen LogP contribution in [0, 0.1) is 5.92 Å². The van der Waals surface area contributed by atoms with E-state index in [1.54, 1.807) is 0 Å². The van der Waals surface area contributed by atoms with E-state index in [2.05, 4.69) is 82.1 Å². The fraction of sp³-hybridized carbons (Fsp3) is 0.222. The van der Waals surface area contributed by atoms with Crippen LogP contribution < -0.4 is 5.10 Å². The molecule has 5 aromatic rings. The molecule has 0 fully saturated rings. The molecule has 0 saturated heterocycles. The van der Waals surface area contributed by atoms with Gasteiger partial charge < -0.3 is 14.8 Å². The van der Waals surface area contributed by atoms with Crippen molar-refractivity contribution in [2.24, 2.45) is 5.92 Å². The first kappa shape index (κ1) is 25.3. The minimum atomic E-state index is -0.125. The van der Waals surface area contributed by atoms with E-state index in [0.29, 0.717) is 5.92 Å². The van der Waals surface area contributed by atoms with Crippen molar-refractivity contribution < 1.29 is 30.0 Å². The predicted molar refractivity (Wildman–Crippen MR) is 133 cm³/mol. The van der Waals surface area contributed by atoms with Gasteiger partial charge in [-0.15, -0.1) is 0 Å². The SMILES string of the molecule is CC(=O)/C=C(/C)O.CC(C)Cc1cc(-n2c3cc4ccccc4cc3c3cccnc32)[n-]n1.[Ir]. The van der Waals surface area contributed by atoms with E-state index in [9.17, 15) is 4.79 Å². The maximum Gasteiger partial charge on any atom is 0.155 e. The molecule has 5 rings (SSSR count). The molecule has 0 spiro atoms. The number of aliphatic hydroxyl groups is 1. The van der Waals surface area contributed by atoms with Crippen LogP contribution in [0.25, 0.3) is 38.5 Å². The third-order valence-electron chi connectivity index (χ3n) is 5.23. The van der Waals surface area contributed by atoms with Gasteiger partial charge in [-0.1, -0.05) is 50.2 Å². The molecule has 0 amide bonds. The minimum absolute atomic E-state index is 0. The number of pyridine rings is 1. The average molecular weight is 632 g/mol. The van der Waals surface area contributed by atoms with E-state index < -0.39 is 0 Å². The number of aromatic nitrogens is 4. The second kappa shape index (κ2) is 10.8. The summed E-state index contributed by atoms with van der Waals surface area (Å²) < 4.78 is 2.13. The molecule has 7 heteroatoms. The number of carbonyl (C=O) groups is 1. The summed E-state index contributed by atoms with van der Waals surface area (Å²) in [6.07, 6.45) is 3.93. The Balaban J connectivity index is 0.000000357. The van der Waals surface area contributed by atoms with E-state index in [0.717, 1.165) is 34.5 Å². The Kier molecular flexibility index (Phi) is 8.02. The Bertz CT molecular complexity index is 1480. The second-order valence-corrected chi connectivity index (χ2v) is 8.61. The molecule has 34 heavy (non-hydrogen) atoms. The summed E-state index contributed by atoms with van der Waals surface area (Å²) >= 11 is 0. The van der Waals surface area contributed by atoms with Crippen LogP contribution in [0.2, 0.25) is 0 Å². The van der Waals surface area contributed by atoms with Crippen LogP contribution in [0.15, 0.2) is 72.6 Å². The van der Waals surface area contributed by atoms with E-state index in [4.69, 9.17) is 5.11 Å². The summed E-state index contributed by atoms with van der Waals surface area (Å²) in [5, 5.41) is 22.0. The standard InChI is InChI=1S/C22H19N4.C5H8O2.Ir/c1-14(2)10-17-13-21(25-24-17)26-20-12-16-7-4-3-6-15(16)11-19(20)18-8-5-9-23-22(18)26;1-4(6)3-5(2)7;/h3-9,11-14H,10H2,1-2H3;3,6H,1-2H3;/q-1;;/b;4-3-;. The Morgan fingerprint density at radius 2 is 1.76 bits per heavy atom. The van der Waals surface area contributed by atoms with E-state index in [-0.39, 0.29) is 31.6 Å². The molecule has 6 nitrogen and oxygen atoms in total. The van der Waals surface area contributed by atoms with Crippen LogP contribution in [0.5, 0.6) is 0 Å². The van der Waals surface area contributed by atoms with Crippen LogP contribution in [0.4, 0.5) is 0 Å². The number of allylic oxidation sites excluding steroid dienone is 2. The first-order chi connectivity index (χ1) is 15.8. The van der Waals surface area contributed by atoms with Crippen molar-refractivity contribution in [2.75, 3.05) is 0 Å². The van der Waals surface area contributed by atoms with Crippen molar-refractivity contribution in [3.8, 4) is 5.82 Å². The van der Waals surface area contributed by atoms with Gasteiger partial charge in [-0.3, -0.25) is 14.9 Å². The van der Waals surface area contributed by atoms with Crippen LogP contribution in [0.1, 0.15) is 33.4 Å². The molecule has 0 unspecified atom stereocenters. The number of aliphatic hydroxyl groups excluding tert-OH is 1. The van der Waals surface area contributed by atoms with Gasteiger partial charge >= 0.3 is 0 Å². The predicted octanol–water partition coefficient (Wildman–Crippen LogP) is 5.92. The molecule has 177 valence electrons. The zero-order chi connectivity index (χ0) is 23.5. The molecule has 3 aromatic heterocycles. The molecule has 0 atom stereocenters. The van der Waals surface area contributed by atoms with E-state index >= 15 is 0 Å². The van der Waals surface area contributed by atoms with Crippen molar-refractivity contribution in [1.29, 1.82) is 0 Å². The van der Waals surface area contributed by atoms with Crippen molar-refractivity contribution in [3.05, 3.63) is 78.3 Å². The maximum absolute atomic E-state index is 10.0. The molecule has 0 aliphatic heterocycles. The van der Waals surface area contributed by atoms with Crippen molar-refractivity contribution in [2.45, 2.75) is 34.1 Å². The summed E-state index contributed by atoms with van der Waals surface area (Å²) in [6, 6.07) is 19.1. The maximum atomic E-state index is 10.0. The number of hydrogen-bond acceptors (Lipinski definition) is 4. The number of benzene rings is 2. The minimum Gasteiger partial charge on any atom is -0.512 e. The average Bonchev–Trinajstić information content (AvgIpc) is 3.33. The van der Waals surface area contributed by atoms with Gasteiger partial charge in [0.2, 0.25) is 0 Å². The molecule has 0 aliphatic rings. The fourth-order valence-corrected chi connectivity index (χ4v) is 4.00. The first-order valence-electron chi connectivity index (χ1n) is 11.0. The fourth-order valence-electron chi connectivity index (χ4n) is 4.00. The van der Waals surface area contributed by atoms with Crippen molar-refractivity contribution in [1.82, 2.24) is 19.7 Å². The van der Waals surface area contributed by atoms with Crippen molar-refractivity contribution >= 4 is 38.5 Å². The van der Waals surface area contributed by atoms with Crippen LogP contribution in [-0.2, 0) is 31.3 Å². The monoisotopic (exact) mass is 632 g/mol. The number of hydrogen-bond donors (Lipinski definition) is 1. The van der Waals surface area contributed by atoms with Gasteiger partial charge in [0, 0.05) is 43.5 Å². The van der Waals surface area contributed by atoms with Gasteiger partial charge in [0.15, 0.2) is 5.78 Å². The first-order valence-corrected chi connectivity index (χ1v) is 11.0. The van der Waals surface area contributed by atoms with Crippen LogP contribution in [0.3, 0.4) is 0 Å². The van der Waals surface area contributed by atoms with Gasteiger partial charge in [-0.05, 0) is 71.9 Å². The molecular formula is C27H27IrN4O2-. The molecular weight excluding hydrogens is 605 g/mol. The second-order valence-electron chi connectivity index (χ2n) is 8.61. The molecule has 1 N–H and O–H groups in total. The summed E-state index contributed by atoms with van der Waals surface area (Å²) in [5.74, 6) is 1.34. The number of fused-ring (bicyclic) bond motifs is 4. The van der Waals surface area contributed by atoms with Gasteiger partial charge in [0.05, 0.1) is 11.4 Å². The normalized spacial score (nSPS) is 11.5. The number of ketones is 1. The Hall–Kier alpha value is -3.28. The van der Waals surface area contributed by atoms with Crippen LogP contribution >= 0.6 is 0 Å². The summed E-state index contributed by atoms with van der Waals surface area (Å²) in [6.45, 7) is 7.24.